The second-order valence-corrected chi connectivity index (χ2v) is 7.53. The predicted octanol–water partition coefficient (Wildman–Crippen LogP) is 2.44. The number of carbonyl (C=O) groups is 1. The molecule has 2 fully saturated rings. The van der Waals surface area contributed by atoms with Gasteiger partial charge in [-0.05, 0) is 49.8 Å². The van der Waals surface area contributed by atoms with Crippen LogP contribution in [0.4, 0.5) is 0 Å². The molecule has 1 aromatic rings. The molecule has 1 aliphatic carbocycles. The summed E-state index contributed by atoms with van der Waals surface area (Å²) in [7, 11) is 2.10. The van der Waals surface area contributed by atoms with Crippen molar-refractivity contribution in [2.75, 3.05) is 26.7 Å². The molecule has 1 saturated heterocycles. The lowest BCUT2D eigenvalue weighted by atomic mass is 9.97. The second-order valence-electron chi connectivity index (χ2n) is 7.53. The highest BCUT2D eigenvalue weighted by molar-refractivity contribution is 5.78. The minimum absolute atomic E-state index is 0.0939. The molecule has 1 aromatic carbocycles. The fraction of sp³-hybridized carbons (Fsp3) is 0.650. The van der Waals surface area contributed by atoms with Gasteiger partial charge in [0.2, 0.25) is 5.91 Å². The Morgan fingerprint density at radius 2 is 2.00 bits per heavy atom. The van der Waals surface area contributed by atoms with E-state index in [4.69, 9.17) is 0 Å². The van der Waals surface area contributed by atoms with Crippen LogP contribution in [0.15, 0.2) is 24.3 Å². The Morgan fingerprint density at radius 3 is 2.75 bits per heavy atom. The van der Waals surface area contributed by atoms with Gasteiger partial charge in [0, 0.05) is 19.1 Å². The first-order chi connectivity index (χ1) is 11.7. The van der Waals surface area contributed by atoms with Gasteiger partial charge >= 0.3 is 0 Å². The van der Waals surface area contributed by atoms with E-state index in [2.05, 4.69) is 24.1 Å². The number of carbonyl (C=O) groups excluding carboxylic acids is 1. The van der Waals surface area contributed by atoms with Gasteiger partial charge in [-0.2, -0.15) is 0 Å². The molecule has 1 heterocycles. The van der Waals surface area contributed by atoms with Gasteiger partial charge in [-0.25, -0.2) is 0 Å². The lowest BCUT2D eigenvalue weighted by molar-refractivity contribution is -0.131. The van der Waals surface area contributed by atoms with E-state index in [1.807, 2.05) is 17.0 Å². The number of rotatable bonds is 6. The summed E-state index contributed by atoms with van der Waals surface area (Å²) in [4.78, 5) is 16.9. The molecule has 24 heavy (non-hydrogen) atoms. The van der Waals surface area contributed by atoms with Crippen LogP contribution in [0.3, 0.4) is 0 Å². The number of benzene rings is 1. The molecule has 0 aromatic heterocycles. The quantitative estimate of drug-likeness (QED) is 0.871. The van der Waals surface area contributed by atoms with Crippen molar-refractivity contribution in [1.82, 2.24) is 9.80 Å². The fourth-order valence-electron chi connectivity index (χ4n) is 4.20. The van der Waals surface area contributed by atoms with Gasteiger partial charge in [-0.15, -0.1) is 0 Å². The van der Waals surface area contributed by atoms with Crippen molar-refractivity contribution in [3.8, 4) is 0 Å². The fourth-order valence-corrected chi connectivity index (χ4v) is 4.20. The molecule has 1 N–H and O–H groups in total. The molecule has 1 saturated carbocycles. The largest absolute Gasteiger partial charge is 0.392 e. The zero-order valence-corrected chi connectivity index (χ0v) is 14.8. The van der Waals surface area contributed by atoms with Crippen molar-refractivity contribution in [2.45, 2.75) is 51.2 Å². The van der Waals surface area contributed by atoms with Crippen LogP contribution in [-0.2, 0) is 17.8 Å². The number of amides is 1. The molecule has 3 rings (SSSR count). The Bertz CT molecular complexity index is 554. The van der Waals surface area contributed by atoms with E-state index >= 15 is 0 Å². The molecule has 132 valence electrons. The highest BCUT2D eigenvalue weighted by Gasteiger charge is 2.28. The first-order valence-electron chi connectivity index (χ1n) is 9.32. The topological polar surface area (TPSA) is 43.8 Å². The van der Waals surface area contributed by atoms with Crippen LogP contribution < -0.4 is 0 Å². The minimum Gasteiger partial charge on any atom is -0.392 e. The van der Waals surface area contributed by atoms with Gasteiger partial charge in [0.05, 0.1) is 13.2 Å². The highest BCUT2D eigenvalue weighted by Crippen LogP contribution is 2.24. The van der Waals surface area contributed by atoms with E-state index in [1.165, 1.54) is 31.2 Å². The molecule has 0 spiro atoms. The van der Waals surface area contributed by atoms with Crippen LogP contribution in [0.5, 0.6) is 0 Å². The number of likely N-dealkylation sites (N-methyl/N-ethyl adjacent to an activating group) is 1. The smallest absolute Gasteiger partial charge is 0.236 e. The van der Waals surface area contributed by atoms with Crippen LogP contribution >= 0.6 is 0 Å². The summed E-state index contributed by atoms with van der Waals surface area (Å²) in [6.45, 7) is 2.43. The first kappa shape index (κ1) is 17.4. The molecule has 0 radical (unpaired) electrons. The molecule has 0 bridgehead atoms. The Balaban J connectivity index is 1.48. The van der Waals surface area contributed by atoms with Crippen molar-refractivity contribution in [2.24, 2.45) is 5.92 Å². The number of aliphatic hydroxyl groups excluding tert-OH is 1. The van der Waals surface area contributed by atoms with Gasteiger partial charge in [0.1, 0.15) is 0 Å². The monoisotopic (exact) mass is 330 g/mol. The van der Waals surface area contributed by atoms with Crippen LogP contribution in [0, 0.1) is 5.92 Å². The van der Waals surface area contributed by atoms with Gasteiger partial charge in [-0.3, -0.25) is 9.69 Å². The summed E-state index contributed by atoms with van der Waals surface area (Å²) in [6.07, 6.45) is 7.18. The third kappa shape index (κ3) is 4.37. The maximum Gasteiger partial charge on any atom is 0.236 e. The average Bonchev–Trinajstić information content (AvgIpc) is 3.26. The molecule has 1 aliphatic heterocycles. The van der Waals surface area contributed by atoms with Crippen LogP contribution in [0.2, 0.25) is 0 Å². The van der Waals surface area contributed by atoms with Crippen molar-refractivity contribution in [1.29, 1.82) is 0 Å². The van der Waals surface area contributed by atoms with Crippen LogP contribution in [0.25, 0.3) is 0 Å². The van der Waals surface area contributed by atoms with E-state index in [9.17, 15) is 9.90 Å². The number of aliphatic hydroxyl groups is 1. The molecular weight excluding hydrogens is 300 g/mol. The van der Waals surface area contributed by atoms with Crippen molar-refractivity contribution >= 4 is 5.91 Å². The third-order valence-corrected chi connectivity index (χ3v) is 5.67. The van der Waals surface area contributed by atoms with E-state index < -0.39 is 0 Å². The minimum atomic E-state index is 0.0939. The Labute approximate surface area is 145 Å². The zero-order chi connectivity index (χ0) is 16.9. The lowest BCUT2D eigenvalue weighted by Crippen LogP contribution is -2.41. The van der Waals surface area contributed by atoms with Crippen molar-refractivity contribution < 1.29 is 9.90 Å². The average molecular weight is 330 g/mol. The molecule has 4 nitrogen and oxygen atoms in total. The second kappa shape index (κ2) is 8.13. The molecular formula is C20H30N2O2. The van der Waals surface area contributed by atoms with Gasteiger partial charge in [0.25, 0.3) is 0 Å². The zero-order valence-electron chi connectivity index (χ0n) is 14.8. The molecule has 1 amide bonds. The Hall–Kier alpha value is -1.39. The standard InChI is InChI=1S/C20H30N2O2/c1-21(19-7-2-3-8-19)14-20(24)22-10-9-17(13-22)11-16-5-4-6-18(12-16)15-23/h4-6,12,17,19,23H,2-3,7-11,13-15H2,1H3. The molecule has 4 heteroatoms. The summed E-state index contributed by atoms with van der Waals surface area (Å²) in [5.74, 6) is 0.829. The van der Waals surface area contributed by atoms with Crippen molar-refractivity contribution in [3.63, 3.8) is 0 Å². The highest BCUT2D eigenvalue weighted by atomic mass is 16.3. The number of hydrogen-bond donors (Lipinski definition) is 1. The third-order valence-electron chi connectivity index (χ3n) is 5.67. The molecule has 2 aliphatic rings. The number of hydrogen-bond acceptors (Lipinski definition) is 3. The van der Waals surface area contributed by atoms with E-state index in [-0.39, 0.29) is 12.5 Å². The van der Waals surface area contributed by atoms with Gasteiger partial charge < -0.3 is 10.0 Å². The van der Waals surface area contributed by atoms with E-state index in [0.717, 1.165) is 31.5 Å². The first-order valence-corrected chi connectivity index (χ1v) is 9.32. The Kier molecular flexibility index (Phi) is 5.90. The SMILES string of the molecule is CN(CC(=O)N1CCC(Cc2cccc(CO)c2)C1)C1CCCC1. The van der Waals surface area contributed by atoms with Gasteiger partial charge in [0.15, 0.2) is 0 Å². The maximum atomic E-state index is 12.6. The summed E-state index contributed by atoms with van der Waals surface area (Å²) in [5.41, 5.74) is 2.24. The van der Waals surface area contributed by atoms with E-state index in [1.54, 1.807) is 0 Å². The van der Waals surface area contributed by atoms with E-state index in [0.29, 0.717) is 18.5 Å². The Morgan fingerprint density at radius 1 is 1.25 bits per heavy atom. The summed E-state index contributed by atoms with van der Waals surface area (Å²) >= 11 is 0. The molecule has 1 unspecified atom stereocenters. The predicted molar refractivity (Wildman–Crippen MR) is 95.6 cm³/mol. The number of nitrogens with zero attached hydrogens (tertiary/aromatic N) is 2. The summed E-state index contributed by atoms with van der Waals surface area (Å²) in [6, 6.07) is 8.77. The van der Waals surface area contributed by atoms with Gasteiger partial charge in [-0.1, -0.05) is 37.1 Å². The number of likely N-dealkylation sites (tertiary alicyclic amines) is 1. The lowest BCUT2D eigenvalue weighted by Gasteiger charge is -2.26. The summed E-state index contributed by atoms with van der Waals surface area (Å²) < 4.78 is 0. The summed E-state index contributed by atoms with van der Waals surface area (Å²) in [5, 5.41) is 9.25. The maximum absolute atomic E-state index is 12.6. The van der Waals surface area contributed by atoms with Crippen molar-refractivity contribution in [3.05, 3.63) is 35.4 Å². The molecule has 1 atom stereocenters. The van der Waals surface area contributed by atoms with Crippen LogP contribution in [0.1, 0.15) is 43.2 Å². The van der Waals surface area contributed by atoms with Crippen LogP contribution in [-0.4, -0.2) is 53.5 Å². The normalized spacial score (nSPS) is 21.8.